The molecule has 1 atom stereocenters. The maximum absolute atomic E-state index is 15.2. The van der Waals surface area contributed by atoms with Crippen LogP contribution < -0.4 is 15.5 Å². The summed E-state index contributed by atoms with van der Waals surface area (Å²) in [6, 6.07) is 56.9. The molecule has 43 heavy (non-hydrogen) atoms. The molecule has 0 saturated carbocycles. The van der Waals surface area contributed by atoms with Gasteiger partial charge in [0.25, 0.3) is 0 Å². The normalized spacial score (nSPS) is 15.3. The van der Waals surface area contributed by atoms with E-state index in [1.807, 2.05) is 97.1 Å². The zero-order valence-corrected chi connectivity index (χ0v) is 24.4. The number of fused-ring (bicyclic) bond motifs is 1. The molecule has 1 aliphatic heterocycles. The zero-order chi connectivity index (χ0) is 29.1. The summed E-state index contributed by atoms with van der Waals surface area (Å²) in [7, 11) is -3.14. The van der Waals surface area contributed by atoms with E-state index in [2.05, 4.69) is 89.5 Å². The molecule has 0 amide bonds. The summed E-state index contributed by atoms with van der Waals surface area (Å²) in [5.74, 6) is 6.90. The highest BCUT2D eigenvalue weighted by atomic mass is 31.2. The summed E-state index contributed by atoms with van der Waals surface area (Å²) in [6.45, 7) is 0. The van der Waals surface area contributed by atoms with Crippen molar-refractivity contribution in [2.45, 2.75) is 0 Å². The molecular formula is C40H28NOP. The van der Waals surface area contributed by atoms with Crippen molar-refractivity contribution in [3.05, 3.63) is 187 Å². The van der Waals surface area contributed by atoms with Crippen LogP contribution in [0.3, 0.4) is 0 Å². The number of para-hydroxylation sites is 2. The summed E-state index contributed by atoms with van der Waals surface area (Å²) < 4.78 is 15.2. The minimum Gasteiger partial charge on any atom is -0.311 e. The van der Waals surface area contributed by atoms with Gasteiger partial charge in [-0.3, -0.25) is 0 Å². The summed E-state index contributed by atoms with van der Waals surface area (Å²) >= 11 is 0. The van der Waals surface area contributed by atoms with Crippen molar-refractivity contribution in [1.29, 1.82) is 0 Å². The smallest absolute Gasteiger partial charge is 0.173 e. The quantitative estimate of drug-likeness (QED) is 0.152. The number of allylic oxidation sites excluding steroid dienone is 1. The molecule has 0 spiro atoms. The van der Waals surface area contributed by atoms with Gasteiger partial charge in [0.15, 0.2) is 7.14 Å². The summed E-state index contributed by atoms with van der Waals surface area (Å²) in [5.41, 5.74) is 6.82. The first-order valence-corrected chi connectivity index (χ1v) is 16.0. The molecular weight excluding hydrogens is 541 g/mol. The van der Waals surface area contributed by atoms with Crippen molar-refractivity contribution >= 4 is 45.7 Å². The SMILES string of the molecule is O=P1(c2ccccc2)C(c2ccccc2)=C(C#Cc2ccc(N(c3ccccc3)c3ccccc3)cc2)c2ccccc21. The molecule has 6 aromatic rings. The fourth-order valence-electron chi connectivity index (χ4n) is 5.75. The average molecular weight is 570 g/mol. The topological polar surface area (TPSA) is 20.3 Å². The van der Waals surface area contributed by atoms with Gasteiger partial charge in [0, 0.05) is 49.7 Å². The van der Waals surface area contributed by atoms with E-state index < -0.39 is 7.14 Å². The first kappa shape index (κ1) is 26.5. The molecule has 2 nitrogen and oxygen atoms in total. The van der Waals surface area contributed by atoms with Gasteiger partial charge in [-0.25, -0.2) is 0 Å². The second-order valence-electron chi connectivity index (χ2n) is 10.4. The third-order valence-corrected chi connectivity index (χ3v) is 10.9. The van der Waals surface area contributed by atoms with Gasteiger partial charge in [-0.1, -0.05) is 133 Å². The van der Waals surface area contributed by atoms with Crippen LogP contribution in [0.4, 0.5) is 17.1 Å². The van der Waals surface area contributed by atoms with E-state index in [1.54, 1.807) is 0 Å². The number of nitrogens with zero attached hydrogens (tertiary/aromatic N) is 1. The summed E-state index contributed by atoms with van der Waals surface area (Å²) in [4.78, 5) is 2.23. The van der Waals surface area contributed by atoms with E-state index in [4.69, 9.17) is 0 Å². The first-order valence-electron chi connectivity index (χ1n) is 14.3. The molecule has 0 fully saturated rings. The van der Waals surface area contributed by atoms with Crippen molar-refractivity contribution in [2.75, 3.05) is 4.90 Å². The Bertz CT molecular complexity index is 1980. The molecule has 0 N–H and O–H groups in total. The predicted octanol–water partition coefficient (Wildman–Crippen LogP) is 9.40. The van der Waals surface area contributed by atoms with E-state index in [-0.39, 0.29) is 0 Å². The number of benzene rings is 6. The third kappa shape index (κ3) is 4.91. The lowest BCUT2D eigenvalue weighted by atomic mass is 10.0. The third-order valence-electron chi connectivity index (χ3n) is 7.72. The minimum atomic E-state index is -3.14. The largest absolute Gasteiger partial charge is 0.311 e. The standard InChI is InChI=1S/C40H28NOP/c42-43(36-21-11-4-12-22-36)39-24-14-13-23-37(39)38(40(43)32-15-5-1-6-16-32)30-27-31-25-28-35(29-26-31)41(33-17-7-2-8-18-33)34-19-9-3-10-20-34/h1-26,28-29H. The highest BCUT2D eigenvalue weighted by Crippen LogP contribution is 2.64. The molecule has 0 bridgehead atoms. The average Bonchev–Trinajstić information content (AvgIpc) is 3.35. The van der Waals surface area contributed by atoms with Gasteiger partial charge in [-0.05, 0) is 54.1 Å². The Morgan fingerprint density at radius 2 is 0.953 bits per heavy atom. The second kappa shape index (κ2) is 11.5. The maximum Gasteiger partial charge on any atom is 0.173 e. The zero-order valence-electron chi connectivity index (χ0n) is 23.5. The summed E-state index contributed by atoms with van der Waals surface area (Å²) in [5, 5.41) is 2.48. The monoisotopic (exact) mass is 569 g/mol. The molecule has 0 radical (unpaired) electrons. The molecule has 0 aliphatic carbocycles. The Hall–Kier alpha value is -5.35. The van der Waals surface area contributed by atoms with Crippen LogP contribution >= 0.6 is 7.14 Å². The van der Waals surface area contributed by atoms with E-state index in [9.17, 15) is 0 Å². The number of hydrogen-bond acceptors (Lipinski definition) is 2. The lowest BCUT2D eigenvalue weighted by molar-refractivity contribution is 0.593. The van der Waals surface area contributed by atoms with Crippen LogP contribution in [0.1, 0.15) is 16.7 Å². The highest BCUT2D eigenvalue weighted by molar-refractivity contribution is 7.88. The van der Waals surface area contributed by atoms with Gasteiger partial charge in [0.2, 0.25) is 0 Å². The van der Waals surface area contributed by atoms with Crippen LogP contribution in [-0.4, -0.2) is 0 Å². The maximum atomic E-state index is 15.2. The summed E-state index contributed by atoms with van der Waals surface area (Å²) in [6.07, 6.45) is 0. The van der Waals surface area contributed by atoms with Gasteiger partial charge < -0.3 is 9.46 Å². The van der Waals surface area contributed by atoms with E-state index in [1.165, 1.54) is 0 Å². The van der Waals surface area contributed by atoms with Gasteiger partial charge in [-0.2, -0.15) is 0 Å². The number of hydrogen-bond donors (Lipinski definition) is 0. The molecule has 3 heteroatoms. The van der Waals surface area contributed by atoms with Crippen LogP contribution in [0.25, 0.3) is 10.9 Å². The minimum absolute atomic E-state index is 0.809. The Balaban J connectivity index is 1.34. The highest BCUT2D eigenvalue weighted by Gasteiger charge is 2.42. The first-order chi connectivity index (χ1) is 21.2. The Labute approximate surface area is 253 Å². The van der Waals surface area contributed by atoms with E-state index >= 15 is 4.57 Å². The van der Waals surface area contributed by atoms with Crippen molar-refractivity contribution in [3.63, 3.8) is 0 Å². The Morgan fingerprint density at radius 3 is 1.56 bits per heavy atom. The van der Waals surface area contributed by atoms with Crippen LogP contribution in [-0.2, 0) is 4.57 Å². The van der Waals surface area contributed by atoms with Crippen LogP contribution in [0.5, 0.6) is 0 Å². The van der Waals surface area contributed by atoms with Crippen molar-refractivity contribution < 1.29 is 4.57 Å². The second-order valence-corrected chi connectivity index (χ2v) is 13.0. The van der Waals surface area contributed by atoms with E-state index in [0.29, 0.717) is 0 Å². The van der Waals surface area contributed by atoms with E-state index in [0.717, 1.165) is 55.2 Å². The van der Waals surface area contributed by atoms with Gasteiger partial charge in [-0.15, -0.1) is 0 Å². The van der Waals surface area contributed by atoms with Crippen LogP contribution in [0.15, 0.2) is 170 Å². The Morgan fingerprint density at radius 1 is 0.465 bits per heavy atom. The predicted molar refractivity (Wildman–Crippen MR) is 181 cm³/mol. The van der Waals surface area contributed by atoms with Crippen LogP contribution in [0, 0.1) is 11.8 Å². The molecule has 1 unspecified atom stereocenters. The molecule has 0 aromatic heterocycles. The molecule has 204 valence electrons. The van der Waals surface area contributed by atoms with Crippen molar-refractivity contribution in [3.8, 4) is 11.8 Å². The van der Waals surface area contributed by atoms with Gasteiger partial charge >= 0.3 is 0 Å². The van der Waals surface area contributed by atoms with Gasteiger partial charge in [0.05, 0.1) is 0 Å². The lowest BCUT2D eigenvalue weighted by Crippen LogP contribution is -2.15. The molecule has 0 saturated heterocycles. The fourth-order valence-corrected chi connectivity index (χ4v) is 8.94. The molecule has 6 aromatic carbocycles. The molecule has 7 rings (SSSR count). The lowest BCUT2D eigenvalue weighted by Gasteiger charge is -2.25. The van der Waals surface area contributed by atoms with Gasteiger partial charge in [0.1, 0.15) is 0 Å². The number of anilines is 3. The number of rotatable bonds is 5. The Kier molecular flexibility index (Phi) is 7.10. The van der Waals surface area contributed by atoms with Crippen LogP contribution in [0.2, 0.25) is 0 Å². The molecule has 1 heterocycles. The fraction of sp³-hybridized carbons (Fsp3) is 0. The van der Waals surface area contributed by atoms with Crippen molar-refractivity contribution in [1.82, 2.24) is 0 Å². The van der Waals surface area contributed by atoms with Crippen molar-refractivity contribution in [2.24, 2.45) is 0 Å². The molecule has 1 aliphatic rings.